The average molecular weight is 366 g/mol. The van der Waals surface area contributed by atoms with Crippen LogP contribution in [0.4, 0.5) is 10.5 Å². The van der Waals surface area contributed by atoms with Crippen LogP contribution in [0.2, 0.25) is 0 Å². The fourth-order valence-electron chi connectivity index (χ4n) is 3.18. The number of primary amides is 1. The maximum atomic E-state index is 11.5. The van der Waals surface area contributed by atoms with E-state index in [4.69, 9.17) is 5.73 Å². The number of nitrogens with zero attached hydrogens (tertiary/aromatic N) is 3. The number of rotatable bonds is 3. The number of carbonyl (C=O) groups is 1. The van der Waals surface area contributed by atoms with Gasteiger partial charge >= 0.3 is 6.03 Å². The van der Waals surface area contributed by atoms with E-state index in [-0.39, 0.29) is 0 Å². The standard InChI is InChI=1S/C15H20BrN5O/c1-2-18-10-4-3-6-20(9-10)13-11-5-7-21(15(17)22)14(11)19-8-12(13)16/h5,7-8,10,18H,2-4,6,9H2,1H3,(H2,17,22)/t10-/m1/s1. The van der Waals surface area contributed by atoms with Gasteiger partial charge in [-0.05, 0) is 41.4 Å². The van der Waals surface area contributed by atoms with Gasteiger partial charge in [-0.1, -0.05) is 6.92 Å². The highest BCUT2D eigenvalue weighted by Crippen LogP contribution is 2.35. The van der Waals surface area contributed by atoms with Crippen LogP contribution in [-0.2, 0) is 0 Å². The number of fused-ring (bicyclic) bond motifs is 1. The van der Waals surface area contributed by atoms with Gasteiger partial charge in [-0.2, -0.15) is 0 Å². The molecule has 1 fully saturated rings. The minimum Gasteiger partial charge on any atom is -0.368 e. The van der Waals surface area contributed by atoms with Crippen LogP contribution in [0.1, 0.15) is 19.8 Å². The molecule has 0 bridgehead atoms. The third-order valence-corrected chi connectivity index (χ3v) is 4.69. The predicted octanol–water partition coefficient (Wildman–Crippen LogP) is 2.30. The van der Waals surface area contributed by atoms with Crippen LogP contribution in [0.15, 0.2) is 22.9 Å². The molecular formula is C15H20BrN5O. The summed E-state index contributed by atoms with van der Waals surface area (Å²) in [6, 6.07) is 1.89. The van der Waals surface area contributed by atoms with Gasteiger partial charge in [0.05, 0.1) is 10.2 Å². The number of carbonyl (C=O) groups excluding carboxylic acids is 1. The molecule has 1 aliphatic rings. The number of piperidine rings is 1. The zero-order chi connectivity index (χ0) is 15.7. The number of nitrogens with one attached hydrogen (secondary N) is 1. The molecule has 2 aromatic rings. The van der Waals surface area contributed by atoms with Gasteiger partial charge in [-0.3, -0.25) is 4.57 Å². The second-order valence-electron chi connectivity index (χ2n) is 5.56. The molecule has 1 atom stereocenters. The van der Waals surface area contributed by atoms with Gasteiger partial charge in [0.2, 0.25) is 0 Å². The summed E-state index contributed by atoms with van der Waals surface area (Å²) in [5, 5.41) is 4.47. The van der Waals surface area contributed by atoms with Crippen molar-refractivity contribution >= 4 is 38.7 Å². The molecule has 3 N–H and O–H groups in total. The van der Waals surface area contributed by atoms with Crippen molar-refractivity contribution in [1.82, 2.24) is 14.9 Å². The summed E-state index contributed by atoms with van der Waals surface area (Å²) in [5.74, 6) is 0. The maximum Gasteiger partial charge on any atom is 0.324 e. The van der Waals surface area contributed by atoms with Crippen LogP contribution >= 0.6 is 15.9 Å². The smallest absolute Gasteiger partial charge is 0.324 e. The Labute approximate surface area is 137 Å². The largest absolute Gasteiger partial charge is 0.368 e. The number of likely N-dealkylation sites (N-methyl/N-ethyl adjacent to an activating group) is 1. The molecule has 3 heterocycles. The lowest BCUT2D eigenvalue weighted by Crippen LogP contribution is -2.45. The first-order chi connectivity index (χ1) is 10.6. The molecule has 0 aliphatic carbocycles. The predicted molar refractivity (Wildman–Crippen MR) is 91.3 cm³/mol. The molecule has 1 amide bonds. The van der Waals surface area contributed by atoms with Gasteiger partial charge in [0.25, 0.3) is 0 Å². The Morgan fingerprint density at radius 1 is 1.59 bits per heavy atom. The van der Waals surface area contributed by atoms with E-state index in [0.29, 0.717) is 11.7 Å². The summed E-state index contributed by atoms with van der Waals surface area (Å²) < 4.78 is 2.33. The average Bonchev–Trinajstić information content (AvgIpc) is 2.91. The molecule has 0 unspecified atom stereocenters. The fraction of sp³-hybridized carbons (Fsp3) is 0.467. The molecule has 7 heteroatoms. The van der Waals surface area contributed by atoms with Gasteiger partial charge < -0.3 is 16.0 Å². The van der Waals surface area contributed by atoms with Crippen molar-refractivity contribution in [2.24, 2.45) is 5.73 Å². The van der Waals surface area contributed by atoms with E-state index in [0.717, 1.165) is 41.6 Å². The van der Waals surface area contributed by atoms with Gasteiger partial charge in [0.1, 0.15) is 5.65 Å². The van der Waals surface area contributed by atoms with Crippen LogP contribution in [0.25, 0.3) is 11.0 Å². The van der Waals surface area contributed by atoms with E-state index in [2.05, 4.69) is 38.1 Å². The quantitative estimate of drug-likeness (QED) is 0.874. The minimum absolute atomic E-state index is 0.493. The summed E-state index contributed by atoms with van der Waals surface area (Å²) in [5.41, 5.74) is 7.10. The zero-order valence-corrected chi connectivity index (χ0v) is 14.1. The van der Waals surface area contributed by atoms with Crippen molar-refractivity contribution in [3.8, 4) is 0 Å². The molecule has 0 radical (unpaired) electrons. The molecule has 0 aromatic carbocycles. The van der Waals surface area contributed by atoms with Crippen molar-refractivity contribution in [3.63, 3.8) is 0 Å². The summed E-state index contributed by atoms with van der Waals surface area (Å²) in [4.78, 5) is 18.2. The highest BCUT2D eigenvalue weighted by molar-refractivity contribution is 9.10. The van der Waals surface area contributed by atoms with E-state index in [9.17, 15) is 4.79 Å². The third kappa shape index (κ3) is 2.70. The first kappa shape index (κ1) is 15.3. The summed E-state index contributed by atoms with van der Waals surface area (Å²) in [7, 11) is 0. The molecule has 3 rings (SSSR count). The zero-order valence-electron chi connectivity index (χ0n) is 12.6. The van der Waals surface area contributed by atoms with E-state index in [1.54, 1.807) is 12.4 Å². The van der Waals surface area contributed by atoms with Crippen molar-refractivity contribution in [1.29, 1.82) is 0 Å². The molecule has 1 saturated heterocycles. The van der Waals surface area contributed by atoms with Crippen molar-refractivity contribution in [2.75, 3.05) is 24.5 Å². The first-order valence-electron chi connectivity index (χ1n) is 7.55. The van der Waals surface area contributed by atoms with Crippen molar-refractivity contribution < 1.29 is 4.79 Å². The Morgan fingerprint density at radius 3 is 3.14 bits per heavy atom. The lowest BCUT2D eigenvalue weighted by Gasteiger charge is -2.35. The number of amides is 1. The van der Waals surface area contributed by atoms with Gasteiger partial charge in [0.15, 0.2) is 0 Å². The Bertz CT molecular complexity index is 697. The second-order valence-corrected chi connectivity index (χ2v) is 6.41. The molecule has 118 valence electrons. The highest BCUT2D eigenvalue weighted by Gasteiger charge is 2.24. The lowest BCUT2D eigenvalue weighted by atomic mass is 10.0. The van der Waals surface area contributed by atoms with E-state index in [1.165, 1.54) is 11.0 Å². The van der Waals surface area contributed by atoms with Crippen LogP contribution in [0, 0.1) is 0 Å². The van der Waals surface area contributed by atoms with Crippen LogP contribution in [-0.4, -0.2) is 41.3 Å². The van der Waals surface area contributed by atoms with Gasteiger partial charge in [-0.25, -0.2) is 9.78 Å². The maximum absolute atomic E-state index is 11.5. The first-order valence-corrected chi connectivity index (χ1v) is 8.34. The summed E-state index contributed by atoms with van der Waals surface area (Å²) in [6.07, 6.45) is 5.76. The van der Waals surface area contributed by atoms with E-state index in [1.807, 2.05) is 6.07 Å². The minimum atomic E-state index is -0.514. The number of hydrogen-bond acceptors (Lipinski definition) is 4. The van der Waals surface area contributed by atoms with E-state index < -0.39 is 6.03 Å². The Balaban J connectivity index is 2.02. The molecule has 2 aromatic heterocycles. The van der Waals surface area contributed by atoms with E-state index >= 15 is 0 Å². The molecule has 0 spiro atoms. The monoisotopic (exact) mass is 365 g/mol. The second kappa shape index (κ2) is 6.26. The molecular weight excluding hydrogens is 346 g/mol. The lowest BCUT2D eigenvalue weighted by molar-refractivity contribution is 0.251. The van der Waals surface area contributed by atoms with Gasteiger partial charge in [-0.15, -0.1) is 0 Å². The Morgan fingerprint density at radius 2 is 2.41 bits per heavy atom. The van der Waals surface area contributed by atoms with Crippen LogP contribution in [0.5, 0.6) is 0 Å². The third-order valence-electron chi connectivity index (χ3n) is 4.11. The van der Waals surface area contributed by atoms with Crippen LogP contribution < -0.4 is 16.0 Å². The topological polar surface area (TPSA) is 76.2 Å². The molecule has 6 nitrogen and oxygen atoms in total. The number of nitrogens with two attached hydrogens (primary N) is 1. The summed E-state index contributed by atoms with van der Waals surface area (Å²) >= 11 is 3.61. The number of halogens is 1. The molecule has 0 saturated carbocycles. The van der Waals surface area contributed by atoms with Gasteiger partial charge in [0, 0.05) is 36.9 Å². The van der Waals surface area contributed by atoms with Crippen molar-refractivity contribution in [3.05, 3.63) is 22.9 Å². The summed E-state index contributed by atoms with van der Waals surface area (Å²) in [6.45, 7) is 5.06. The van der Waals surface area contributed by atoms with Crippen LogP contribution in [0.3, 0.4) is 0 Å². The number of aromatic nitrogens is 2. The SMILES string of the molecule is CCN[C@@H]1CCCN(c2c(Br)cnc3c2ccn3C(N)=O)C1. The normalized spacial score (nSPS) is 18.8. The molecule has 22 heavy (non-hydrogen) atoms. The highest BCUT2D eigenvalue weighted by atomic mass is 79.9. The Hall–Kier alpha value is -1.60. The fourth-order valence-corrected chi connectivity index (χ4v) is 3.75. The molecule has 1 aliphatic heterocycles. The number of hydrogen-bond donors (Lipinski definition) is 2. The number of pyridine rings is 1. The number of anilines is 1. The van der Waals surface area contributed by atoms with Crippen molar-refractivity contribution in [2.45, 2.75) is 25.8 Å². The Kier molecular flexibility index (Phi) is 4.35.